The second-order valence-corrected chi connectivity index (χ2v) is 10.7. The standard InChI is InChI=1S/C29H27Cl2NO4/c1-18(20-3-8-23(30)9-4-20)32-27(35)25-15-21(19(2)34)5-12-26(25)29(32,22-6-10-24(31)11-7-22)36-17-28(16-33)13-14-28/h3-12,15,18,33H,13-14,16-17H2,1-2H3/t18?,29-/m1/s1. The van der Waals surface area contributed by atoms with Crippen LogP contribution < -0.4 is 0 Å². The Labute approximate surface area is 220 Å². The second kappa shape index (κ2) is 9.31. The Balaban J connectivity index is 1.73. The van der Waals surface area contributed by atoms with Gasteiger partial charge in [-0.2, -0.15) is 0 Å². The molecule has 0 saturated heterocycles. The van der Waals surface area contributed by atoms with Gasteiger partial charge < -0.3 is 9.84 Å². The highest BCUT2D eigenvalue weighted by Gasteiger charge is 2.56. The molecule has 1 aliphatic heterocycles. The fourth-order valence-corrected chi connectivity index (χ4v) is 5.21. The third kappa shape index (κ3) is 4.14. The van der Waals surface area contributed by atoms with Crippen LogP contribution >= 0.6 is 23.2 Å². The van der Waals surface area contributed by atoms with Crippen LogP contribution in [0.3, 0.4) is 0 Å². The smallest absolute Gasteiger partial charge is 0.257 e. The zero-order valence-electron chi connectivity index (χ0n) is 20.1. The number of ether oxygens (including phenoxy) is 1. The molecule has 7 heteroatoms. The van der Waals surface area contributed by atoms with Crippen LogP contribution in [-0.2, 0) is 10.5 Å². The number of aliphatic hydroxyl groups excluding tert-OH is 1. The third-order valence-corrected chi connectivity index (χ3v) is 7.94. The molecule has 186 valence electrons. The third-order valence-electron chi connectivity index (χ3n) is 7.43. The number of amides is 1. The van der Waals surface area contributed by atoms with Crippen molar-refractivity contribution >= 4 is 34.9 Å². The number of Topliss-reactive ketones (excluding diaryl/α,β-unsaturated/α-hetero) is 1. The number of nitrogens with zero attached hydrogens (tertiary/aromatic N) is 1. The van der Waals surface area contributed by atoms with E-state index in [0.717, 1.165) is 24.0 Å². The molecule has 1 saturated carbocycles. The fraction of sp³-hybridized carbons (Fsp3) is 0.310. The molecule has 1 heterocycles. The molecule has 0 spiro atoms. The molecular formula is C29H27Cl2NO4. The van der Waals surface area contributed by atoms with E-state index in [0.29, 0.717) is 26.7 Å². The molecule has 3 aromatic rings. The Morgan fingerprint density at radius 2 is 1.64 bits per heavy atom. The Bertz CT molecular complexity index is 1320. The van der Waals surface area contributed by atoms with Crippen LogP contribution in [0.25, 0.3) is 0 Å². The first kappa shape index (κ1) is 25.0. The number of carbonyl (C=O) groups excluding carboxylic acids is 2. The Hall–Kier alpha value is -2.70. The lowest BCUT2D eigenvalue weighted by Gasteiger charge is -2.43. The summed E-state index contributed by atoms with van der Waals surface area (Å²) in [4.78, 5) is 28.1. The van der Waals surface area contributed by atoms with Crippen LogP contribution in [0.2, 0.25) is 10.0 Å². The minimum absolute atomic E-state index is 0.0144. The van der Waals surface area contributed by atoms with Gasteiger partial charge in [0.05, 0.1) is 19.3 Å². The average Bonchev–Trinajstić information content (AvgIpc) is 3.62. The molecule has 0 radical (unpaired) electrons. The molecule has 0 bridgehead atoms. The second-order valence-electron chi connectivity index (χ2n) is 9.82. The molecular weight excluding hydrogens is 497 g/mol. The summed E-state index contributed by atoms with van der Waals surface area (Å²) < 4.78 is 6.80. The average molecular weight is 524 g/mol. The van der Waals surface area contributed by atoms with E-state index in [9.17, 15) is 14.7 Å². The van der Waals surface area contributed by atoms with Crippen LogP contribution in [0.5, 0.6) is 0 Å². The summed E-state index contributed by atoms with van der Waals surface area (Å²) in [5.41, 5.74) is 1.57. The van der Waals surface area contributed by atoms with Gasteiger partial charge in [0.15, 0.2) is 11.5 Å². The molecule has 2 aliphatic rings. The number of halogens is 2. The van der Waals surface area contributed by atoms with Crippen LogP contribution in [0.4, 0.5) is 0 Å². The lowest BCUT2D eigenvalue weighted by molar-refractivity contribution is -0.137. The molecule has 2 atom stereocenters. The van der Waals surface area contributed by atoms with Crippen molar-refractivity contribution in [2.24, 2.45) is 5.41 Å². The lowest BCUT2D eigenvalue weighted by atomic mass is 9.90. The maximum Gasteiger partial charge on any atom is 0.257 e. The van der Waals surface area contributed by atoms with E-state index in [1.165, 1.54) is 6.92 Å². The quantitative estimate of drug-likeness (QED) is 0.346. The molecule has 1 aliphatic carbocycles. The summed E-state index contributed by atoms with van der Waals surface area (Å²) in [7, 11) is 0. The first-order valence-corrected chi connectivity index (χ1v) is 12.7. The highest BCUT2D eigenvalue weighted by molar-refractivity contribution is 6.30. The van der Waals surface area contributed by atoms with Gasteiger partial charge in [-0.3, -0.25) is 14.5 Å². The van der Waals surface area contributed by atoms with E-state index in [-0.39, 0.29) is 30.3 Å². The molecule has 5 nitrogen and oxygen atoms in total. The van der Waals surface area contributed by atoms with Gasteiger partial charge in [0.1, 0.15) is 0 Å². The summed E-state index contributed by atoms with van der Waals surface area (Å²) in [6, 6.07) is 19.5. The Kier molecular flexibility index (Phi) is 6.46. The summed E-state index contributed by atoms with van der Waals surface area (Å²) in [5, 5.41) is 11.2. The molecule has 1 amide bonds. The predicted octanol–water partition coefficient (Wildman–Crippen LogP) is 6.40. The van der Waals surface area contributed by atoms with Crippen LogP contribution in [0, 0.1) is 5.41 Å². The normalized spacial score (nSPS) is 20.8. The van der Waals surface area contributed by atoms with Crippen molar-refractivity contribution in [2.75, 3.05) is 13.2 Å². The SMILES string of the molecule is CC(=O)c1ccc2c(c1)C(=O)N(C(C)c1ccc(Cl)cc1)[C@@]2(OCC1(CO)CC1)c1ccc(Cl)cc1. The maximum atomic E-state index is 14.2. The number of hydrogen-bond acceptors (Lipinski definition) is 4. The summed E-state index contributed by atoms with van der Waals surface area (Å²) >= 11 is 12.4. The summed E-state index contributed by atoms with van der Waals surface area (Å²) in [5.74, 6) is -0.357. The molecule has 1 unspecified atom stereocenters. The number of ketones is 1. The van der Waals surface area contributed by atoms with Crippen molar-refractivity contribution in [2.45, 2.75) is 38.5 Å². The van der Waals surface area contributed by atoms with Gasteiger partial charge in [0.2, 0.25) is 0 Å². The number of fused-ring (bicyclic) bond motifs is 1. The van der Waals surface area contributed by atoms with Crippen molar-refractivity contribution in [3.05, 3.63) is 105 Å². The van der Waals surface area contributed by atoms with Crippen molar-refractivity contribution in [3.63, 3.8) is 0 Å². The first-order chi connectivity index (χ1) is 17.2. The van der Waals surface area contributed by atoms with Gasteiger partial charge >= 0.3 is 0 Å². The maximum absolute atomic E-state index is 14.2. The van der Waals surface area contributed by atoms with Crippen LogP contribution in [0.1, 0.15) is 70.1 Å². The molecule has 5 rings (SSSR count). The number of hydrogen-bond donors (Lipinski definition) is 1. The van der Waals surface area contributed by atoms with Crippen LogP contribution in [-0.4, -0.2) is 34.9 Å². The zero-order chi connectivity index (χ0) is 25.7. The Morgan fingerprint density at radius 1 is 1.03 bits per heavy atom. The topological polar surface area (TPSA) is 66.8 Å². The fourth-order valence-electron chi connectivity index (χ4n) is 4.96. The molecule has 0 aromatic heterocycles. The lowest BCUT2D eigenvalue weighted by Crippen LogP contribution is -2.49. The number of carbonyl (C=O) groups is 2. The number of rotatable bonds is 8. The van der Waals surface area contributed by atoms with Crippen molar-refractivity contribution < 1.29 is 19.4 Å². The minimum atomic E-state index is -1.28. The Morgan fingerprint density at radius 3 is 2.19 bits per heavy atom. The van der Waals surface area contributed by atoms with Crippen molar-refractivity contribution in [3.8, 4) is 0 Å². The molecule has 1 fully saturated rings. The van der Waals surface area contributed by atoms with Gasteiger partial charge in [-0.1, -0.05) is 59.6 Å². The monoisotopic (exact) mass is 523 g/mol. The summed E-state index contributed by atoms with van der Waals surface area (Å²) in [6.07, 6.45) is 1.72. The van der Waals surface area contributed by atoms with Crippen molar-refractivity contribution in [1.29, 1.82) is 0 Å². The van der Waals surface area contributed by atoms with Gasteiger partial charge in [-0.15, -0.1) is 0 Å². The van der Waals surface area contributed by atoms with Gasteiger partial charge in [-0.05, 0) is 62.6 Å². The highest BCUT2D eigenvalue weighted by atomic mass is 35.5. The van der Waals surface area contributed by atoms with Gasteiger partial charge in [0, 0.05) is 37.7 Å². The van der Waals surface area contributed by atoms with E-state index in [4.69, 9.17) is 27.9 Å². The van der Waals surface area contributed by atoms with E-state index < -0.39 is 11.8 Å². The highest BCUT2D eigenvalue weighted by Crippen LogP contribution is 2.53. The van der Waals surface area contributed by atoms with E-state index in [1.54, 1.807) is 41.3 Å². The van der Waals surface area contributed by atoms with E-state index in [1.807, 2.05) is 37.3 Å². The minimum Gasteiger partial charge on any atom is -0.396 e. The van der Waals surface area contributed by atoms with Gasteiger partial charge in [-0.25, -0.2) is 0 Å². The first-order valence-electron chi connectivity index (χ1n) is 12.0. The van der Waals surface area contributed by atoms with Crippen LogP contribution in [0.15, 0.2) is 66.7 Å². The number of aliphatic hydroxyl groups is 1. The van der Waals surface area contributed by atoms with E-state index >= 15 is 0 Å². The molecule has 36 heavy (non-hydrogen) atoms. The number of benzene rings is 3. The molecule has 3 aromatic carbocycles. The van der Waals surface area contributed by atoms with E-state index in [2.05, 4.69) is 0 Å². The summed E-state index contributed by atoms with van der Waals surface area (Å²) in [6.45, 7) is 3.72. The predicted molar refractivity (Wildman–Crippen MR) is 139 cm³/mol. The molecule has 1 N–H and O–H groups in total. The largest absolute Gasteiger partial charge is 0.396 e. The van der Waals surface area contributed by atoms with Crippen molar-refractivity contribution in [1.82, 2.24) is 4.90 Å². The van der Waals surface area contributed by atoms with Gasteiger partial charge in [0.25, 0.3) is 5.91 Å². The zero-order valence-corrected chi connectivity index (χ0v) is 21.6.